The van der Waals surface area contributed by atoms with Crippen LogP contribution < -0.4 is 4.74 Å². The quantitative estimate of drug-likeness (QED) is 0.776. The van der Waals surface area contributed by atoms with Crippen LogP contribution in [0.1, 0.15) is 19.3 Å². The average Bonchev–Trinajstić information content (AvgIpc) is 3.60. The topological polar surface area (TPSA) is 49.9 Å². The second-order valence-corrected chi connectivity index (χ2v) is 7.44. The molecule has 5 heteroatoms. The summed E-state index contributed by atoms with van der Waals surface area (Å²) in [4.78, 5) is 28.4. The lowest BCUT2D eigenvalue weighted by atomic mass is 10.1. The number of piperazine rings is 1. The number of rotatable bonds is 6. The highest BCUT2D eigenvalue weighted by Gasteiger charge is 2.35. The van der Waals surface area contributed by atoms with E-state index in [0.717, 1.165) is 29.7 Å². The molecule has 4 rings (SSSR count). The van der Waals surface area contributed by atoms with Crippen LogP contribution in [0.3, 0.4) is 0 Å². The molecule has 5 nitrogen and oxygen atoms in total. The van der Waals surface area contributed by atoms with Gasteiger partial charge in [-0.3, -0.25) is 9.59 Å². The maximum atomic E-state index is 12.5. The Balaban J connectivity index is 1.27. The summed E-state index contributed by atoms with van der Waals surface area (Å²) in [6.45, 7) is 2.90. The van der Waals surface area contributed by atoms with E-state index in [1.807, 2.05) is 52.3 Å². The predicted octanol–water partition coefficient (Wildman–Crippen LogP) is 3.20. The van der Waals surface area contributed by atoms with E-state index in [1.165, 1.54) is 0 Å². The molecule has 0 aromatic heterocycles. The number of hydrogen-bond donors (Lipinski definition) is 0. The predicted molar refractivity (Wildman–Crippen MR) is 108 cm³/mol. The van der Waals surface area contributed by atoms with Crippen LogP contribution in [0.15, 0.2) is 54.6 Å². The second-order valence-electron chi connectivity index (χ2n) is 7.44. The smallest absolute Gasteiger partial charge is 0.226 e. The van der Waals surface area contributed by atoms with Gasteiger partial charge in [0.05, 0.1) is 13.0 Å². The summed E-state index contributed by atoms with van der Waals surface area (Å²) >= 11 is 0. The van der Waals surface area contributed by atoms with Crippen molar-refractivity contribution in [2.45, 2.75) is 19.3 Å². The summed E-state index contributed by atoms with van der Waals surface area (Å²) in [5, 5.41) is 0. The zero-order valence-electron chi connectivity index (χ0n) is 16.0. The minimum absolute atomic E-state index is 0.0933. The third-order valence-electron chi connectivity index (χ3n) is 5.42. The number of ether oxygens (including phenoxy) is 1. The van der Waals surface area contributed by atoms with Gasteiger partial charge in [-0.2, -0.15) is 0 Å². The molecule has 0 N–H and O–H groups in total. The first-order valence-corrected chi connectivity index (χ1v) is 10.1. The van der Waals surface area contributed by atoms with E-state index < -0.39 is 0 Å². The zero-order chi connectivity index (χ0) is 19.3. The van der Waals surface area contributed by atoms with Crippen LogP contribution in [-0.4, -0.2) is 54.4 Å². The number of hydrogen-bond acceptors (Lipinski definition) is 3. The van der Waals surface area contributed by atoms with E-state index in [0.29, 0.717) is 39.2 Å². The fourth-order valence-electron chi connectivity index (χ4n) is 3.62. The first kappa shape index (κ1) is 18.5. The molecule has 2 aliphatic rings. The van der Waals surface area contributed by atoms with Crippen molar-refractivity contribution in [2.24, 2.45) is 5.92 Å². The molecule has 0 radical (unpaired) electrons. The molecule has 2 fully saturated rings. The SMILES string of the molecule is O=C(CCOc1ccccc1-c1ccccc1)N1CCN(C(=O)C2CC2)CC1. The number of para-hydroxylation sites is 1. The van der Waals surface area contributed by atoms with Crippen LogP contribution in [0, 0.1) is 5.92 Å². The summed E-state index contributed by atoms with van der Waals surface area (Å²) in [6.07, 6.45) is 2.40. The summed E-state index contributed by atoms with van der Waals surface area (Å²) in [5.41, 5.74) is 2.13. The average molecular weight is 378 g/mol. The Kier molecular flexibility index (Phi) is 5.60. The van der Waals surface area contributed by atoms with E-state index in [2.05, 4.69) is 12.1 Å². The lowest BCUT2D eigenvalue weighted by molar-refractivity contribution is -0.140. The standard InChI is InChI=1S/C23H26N2O3/c26-22(24-13-15-25(16-14-24)23(27)19-10-11-19)12-17-28-21-9-5-4-8-20(21)18-6-2-1-3-7-18/h1-9,19H,10-17H2. The Bertz CT molecular complexity index is 825. The summed E-state index contributed by atoms with van der Waals surface area (Å²) in [7, 11) is 0. The Morgan fingerprint density at radius 2 is 1.50 bits per heavy atom. The number of amides is 2. The molecule has 0 unspecified atom stereocenters. The van der Waals surface area contributed by atoms with Crippen molar-refractivity contribution in [1.82, 2.24) is 9.80 Å². The van der Waals surface area contributed by atoms with Crippen LogP contribution >= 0.6 is 0 Å². The maximum Gasteiger partial charge on any atom is 0.226 e. The van der Waals surface area contributed by atoms with E-state index in [4.69, 9.17) is 4.74 Å². The first-order valence-electron chi connectivity index (χ1n) is 10.1. The van der Waals surface area contributed by atoms with Gasteiger partial charge in [0.15, 0.2) is 0 Å². The minimum Gasteiger partial charge on any atom is -0.492 e. The van der Waals surface area contributed by atoms with E-state index in [1.54, 1.807) is 0 Å². The van der Waals surface area contributed by atoms with Crippen molar-refractivity contribution in [3.8, 4) is 16.9 Å². The summed E-state index contributed by atoms with van der Waals surface area (Å²) in [5.74, 6) is 1.41. The van der Waals surface area contributed by atoms with Gasteiger partial charge in [-0.1, -0.05) is 48.5 Å². The van der Waals surface area contributed by atoms with Crippen LogP contribution in [0.2, 0.25) is 0 Å². The molecule has 2 aromatic carbocycles. The van der Waals surface area contributed by atoms with Crippen LogP contribution in [0.5, 0.6) is 5.75 Å². The third kappa shape index (κ3) is 4.35. The molecule has 28 heavy (non-hydrogen) atoms. The minimum atomic E-state index is 0.0933. The molecule has 1 saturated carbocycles. The van der Waals surface area contributed by atoms with Crippen molar-refractivity contribution < 1.29 is 14.3 Å². The summed E-state index contributed by atoms with van der Waals surface area (Å²) in [6, 6.07) is 18.0. The lowest BCUT2D eigenvalue weighted by Gasteiger charge is -2.35. The van der Waals surface area contributed by atoms with Crippen molar-refractivity contribution >= 4 is 11.8 Å². The van der Waals surface area contributed by atoms with Crippen molar-refractivity contribution in [1.29, 1.82) is 0 Å². The highest BCUT2D eigenvalue weighted by atomic mass is 16.5. The van der Waals surface area contributed by atoms with Gasteiger partial charge in [-0.25, -0.2) is 0 Å². The zero-order valence-corrected chi connectivity index (χ0v) is 16.0. The van der Waals surface area contributed by atoms with Crippen molar-refractivity contribution in [3.63, 3.8) is 0 Å². The van der Waals surface area contributed by atoms with E-state index >= 15 is 0 Å². The Morgan fingerprint density at radius 1 is 0.857 bits per heavy atom. The van der Waals surface area contributed by atoms with E-state index in [9.17, 15) is 9.59 Å². The van der Waals surface area contributed by atoms with Gasteiger partial charge in [0.2, 0.25) is 11.8 Å². The molecule has 1 heterocycles. The Hall–Kier alpha value is -2.82. The molecule has 1 saturated heterocycles. The van der Waals surface area contributed by atoms with Crippen molar-refractivity contribution in [3.05, 3.63) is 54.6 Å². The largest absolute Gasteiger partial charge is 0.492 e. The molecule has 0 spiro atoms. The second kappa shape index (κ2) is 8.46. The Morgan fingerprint density at radius 3 is 2.21 bits per heavy atom. The van der Waals surface area contributed by atoms with Gasteiger partial charge in [0, 0.05) is 37.7 Å². The molecular formula is C23H26N2O3. The number of benzene rings is 2. The van der Waals surface area contributed by atoms with Crippen LogP contribution in [-0.2, 0) is 9.59 Å². The van der Waals surface area contributed by atoms with Gasteiger partial charge < -0.3 is 14.5 Å². The molecule has 2 amide bonds. The normalized spacial score (nSPS) is 16.7. The molecule has 146 valence electrons. The molecule has 1 aliphatic carbocycles. The number of carbonyl (C=O) groups excluding carboxylic acids is 2. The van der Waals surface area contributed by atoms with Crippen LogP contribution in [0.4, 0.5) is 0 Å². The highest BCUT2D eigenvalue weighted by Crippen LogP contribution is 2.31. The van der Waals surface area contributed by atoms with Gasteiger partial charge in [0.1, 0.15) is 5.75 Å². The molecule has 1 aliphatic heterocycles. The number of carbonyl (C=O) groups is 2. The maximum absolute atomic E-state index is 12.5. The third-order valence-corrected chi connectivity index (χ3v) is 5.42. The fraction of sp³-hybridized carbons (Fsp3) is 0.391. The van der Waals surface area contributed by atoms with Gasteiger partial charge in [-0.15, -0.1) is 0 Å². The molecular weight excluding hydrogens is 352 g/mol. The highest BCUT2D eigenvalue weighted by molar-refractivity contribution is 5.82. The van der Waals surface area contributed by atoms with Crippen LogP contribution in [0.25, 0.3) is 11.1 Å². The van der Waals surface area contributed by atoms with Gasteiger partial charge in [0.25, 0.3) is 0 Å². The molecule has 0 atom stereocenters. The van der Waals surface area contributed by atoms with Gasteiger partial charge in [-0.05, 0) is 24.5 Å². The Labute approximate surface area is 165 Å². The molecule has 2 aromatic rings. The summed E-state index contributed by atoms with van der Waals surface area (Å²) < 4.78 is 5.94. The molecule has 0 bridgehead atoms. The van der Waals surface area contributed by atoms with Gasteiger partial charge >= 0.3 is 0 Å². The first-order chi connectivity index (χ1) is 13.7. The van der Waals surface area contributed by atoms with E-state index in [-0.39, 0.29) is 17.7 Å². The fourth-order valence-corrected chi connectivity index (χ4v) is 3.62. The van der Waals surface area contributed by atoms with Crippen molar-refractivity contribution in [2.75, 3.05) is 32.8 Å². The monoisotopic (exact) mass is 378 g/mol. The lowest BCUT2D eigenvalue weighted by Crippen LogP contribution is -2.51. The number of nitrogens with zero attached hydrogens (tertiary/aromatic N) is 2.